The van der Waals surface area contributed by atoms with Crippen LogP contribution in [0.2, 0.25) is 0 Å². The zero-order valence-corrected chi connectivity index (χ0v) is 9.31. The van der Waals surface area contributed by atoms with Crippen molar-refractivity contribution >= 4 is 42.9 Å². The van der Waals surface area contributed by atoms with Gasteiger partial charge < -0.3 is 4.98 Å². The van der Waals surface area contributed by atoms with E-state index in [0.717, 1.165) is 20.8 Å². The first-order valence-corrected chi connectivity index (χ1v) is 5.41. The minimum absolute atomic E-state index is 0.844. The summed E-state index contributed by atoms with van der Waals surface area (Å²) < 4.78 is 1.07. The number of fused-ring (bicyclic) bond motifs is 1. The van der Waals surface area contributed by atoms with Gasteiger partial charge in [-0.3, -0.25) is 0 Å². The fourth-order valence-electron chi connectivity index (χ4n) is 1.12. The smallest absolute Gasteiger partial charge is 0.103 e. The number of benzene rings is 1. The molecule has 0 atom stereocenters. The molecule has 1 aromatic heterocycles. The summed E-state index contributed by atoms with van der Waals surface area (Å²) in [6, 6.07) is 4.10. The Morgan fingerprint density at radius 2 is 2.25 bits per heavy atom. The number of alkyl halides is 1. The molecule has 2 nitrogen and oxygen atoms in total. The molecule has 0 radical (unpaired) electrons. The average Bonchev–Trinajstić information content (AvgIpc) is 2.53. The maximum absolute atomic E-state index is 4.20. The third kappa shape index (κ3) is 1.19. The molecule has 0 aliphatic heterocycles. The van der Waals surface area contributed by atoms with Crippen LogP contribution in [0.1, 0.15) is 5.56 Å². The Balaban J connectivity index is 2.78. The first-order valence-electron chi connectivity index (χ1n) is 3.49. The van der Waals surface area contributed by atoms with E-state index in [9.17, 15) is 0 Å². The SMILES string of the molecule is BrCc1ccc2[nH]cnc2c1Br. The third-order valence-electron chi connectivity index (χ3n) is 1.75. The van der Waals surface area contributed by atoms with Gasteiger partial charge in [0.1, 0.15) is 5.52 Å². The molecule has 0 spiro atoms. The summed E-state index contributed by atoms with van der Waals surface area (Å²) in [5.41, 5.74) is 3.27. The highest BCUT2D eigenvalue weighted by atomic mass is 79.9. The number of nitrogens with zero attached hydrogens (tertiary/aromatic N) is 1. The Morgan fingerprint density at radius 3 is 3.00 bits per heavy atom. The largest absolute Gasteiger partial charge is 0.345 e. The minimum atomic E-state index is 0.844. The van der Waals surface area contributed by atoms with Gasteiger partial charge in [-0.2, -0.15) is 0 Å². The molecule has 0 amide bonds. The highest BCUT2D eigenvalue weighted by molar-refractivity contribution is 9.11. The lowest BCUT2D eigenvalue weighted by atomic mass is 10.2. The third-order valence-corrected chi connectivity index (χ3v) is 3.24. The van der Waals surface area contributed by atoms with Crippen molar-refractivity contribution in [3.8, 4) is 0 Å². The van der Waals surface area contributed by atoms with Gasteiger partial charge in [0.2, 0.25) is 0 Å². The predicted molar refractivity (Wildman–Crippen MR) is 56.4 cm³/mol. The molecule has 2 rings (SSSR count). The van der Waals surface area contributed by atoms with Crippen LogP contribution in [0.25, 0.3) is 11.0 Å². The molecule has 2 aromatic rings. The Bertz CT molecular complexity index is 408. The Labute approximate surface area is 86.6 Å². The van der Waals surface area contributed by atoms with E-state index in [2.05, 4.69) is 47.9 Å². The van der Waals surface area contributed by atoms with E-state index in [1.807, 2.05) is 6.07 Å². The molecule has 0 aliphatic carbocycles. The first kappa shape index (κ1) is 8.26. The van der Waals surface area contributed by atoms with E-state index in [-0.39, 0.29) is 0 Å². The highest BCUT2D eigenvalue weighted by Crippen LogP contribution is 2.26. The van der Waals surface area contributed by atoms with Crippen LogP contribution in [0.4, 0.5) is 0 Å². The van der Waals surface area contributed by atoms with Crippen LogP contribution < -0.4 is 0 Å². The predicted octanol–water partition coefficient (Wildman–Crippen LogP) is 3.22. The van der Waals surface area contributed by atoms with E-state index >= 15 is 0 Å². The molecule has 4 heteroatoms. The van der Waals surface area contributed by atoms with Crippen molar-refractivity contribution in [2.24, 2.45) is 0 Å². The van der Waals surface area contributed by atoms with Crippen molar-refractivity contribution in [2.75, 3.05) is 0 Å². The van der Waals surface area contributed by atoms with Crippen LogP contribution in [-0.2, 0) is 5.33 Å². The van der Waals surface area contributed by atoms with Crippen LogP contribution >= 0.6 is 31.9 Å². The molecule has 0 bridgehead atoms. The molecule has 62 valence electrons. The number of aromatic nitrogens is 2. The Morgan fingerprint density at radius 1 is 1.42 bits per heavy atom. The van der Waals surface area contributed by atoms with Crippen LogP contribution in [0.3, 0.4) is 0 Å². The summed E-state index contributed by atoms with van der Waals surface area (Å²) in [5, 5.41) is 0.844. The molecule has 12 heavy (non-hydrogen) atoms. The normalized spacial score (nSPS) is 10.8. The summed E-state index contributed by atoms with van der Waals surface area (Å²) in [6.07, 6.45) is 1.70. The van der Waals surface area contributed by atoms with Gasteiger partial charge in [-0.25, -0.2) is 4.98 Å². The topological polar surface area (TPSA) is 28.7 Å². The van der Waals surface area contributed by atoms with Crippen molar-refractivity contribution in [2.45, 2.75) is 5.33 Å². The standard InChI is InChI=1S/C8H6Br2N2/c9-3-5-1-2-6-8(7(5)10)12-4-11-6/h1-2,4H,3H2,(H,11,12). The van der Waals surface area contributed by atoms with E-state index in [1.165, 1.54) is 5.56 Å². The van der Waals surface area contributed by atoms with E-state index in [0.29, 0.717) is 0 Å². The maximum atomic E-state index is 4.20. The zero-order valence-electron chi connectivity index (χ0n) is 6.14. The molecule has 0 unspecified atom stereocenters. The maximum Gasteiger partial charge on any atom is 0.103 e. The number of aromatic amines is 1. The minimum Gasteiger partial charge on any atom is -0.345 e. The van der Waals surface area contributed by atoms with Gasteiger partial charge in [0.15, 0.2) is 0 Å². The lowest BCUT2D eigenvalue weighted by molar-refractivity contribution is 1.34. The molecular formula is C8H6Br2N2. The molecule has 0 saturated carbocycles. The van der Waals surface area contributed by atoms with Gasteiger partial charge >= 0.3 is 0 Å². The highest BCUT2D eigenvalue weighted by Gasteiger charge is 2.04. The van der Waals surface area contributed by atoms with Crippen molar-refractivity contribution in [1.29, 1.82) is 0 Å². The summed E-state index contributed by atoms with van der Waals surface area (Å²) in [6.45, 7) is 0. The second kappa shape index (κ2) is 3.18. The fraction of sp³-hybridized carbons (Fsp3) is 0.125. The summed E-state index contributed by atoms with van der Waals surface area (Å²) >= 11 is 6.92. The monoisotopic (exact) mass is 288 g/mol. The molecule has 1 heterocycles. The van der Waals surface area contributed by atoms with E-state index < -0.39 is 0 Å². The zero-order chi connectivity index (χ0) is 8.55. The van der Waals surface area contributed by atoms with Crippen molar-refractivity contribution < 1.29 is 0 Å². The van der Waals surface area contributed by atoms with Crippen LogP contribution in [0, 0.1) is 0 Å². The molecule has 0 saturated heterocycles. The number of hydrogen-bond donors (Lipinski definition) is 1. The molecule has 0 aliphatic rings. The number of imidazole rings is 1. The Kier molecular flexibility index (Phi) is 2.19. The molecule has 1 aromatic carbocycles. The van der Waals surface area contributed by atoms with Crippen molar-refractivity contribution in [3.05, 3.63) is 28.5 Å². The van der Waals surface area contributed by atoms with Crippen LogP contribution in [0.15, 0.2) is 22.9 Å². The number of hydrogen-bond acceptors (Lipinski definition) is 1. The number of rotatable bonds is 1. The average molecular weight is 290 g/mol. The first-order chi connectivity index (χ1) is 5.83. The van der Waals surface area contributed by atoms with Crippen LogP contribution in [-0.4, -0.2) is 9.97 Å². The second-order valence-electron chi connectivity index (χ2n) is 2.47. The van der Waals surface area contributed by atoms with Crippen LogP contribution in [0.5, 0.6) is 0 Å². The van der Waals surface area contributed by atoms with Gasteiger partial charge in [0.05, 0.1) is 11.8 Å². The Hall–Kier alpha value is -0.350. The van der Waals surface area contributed by atoms with Gasteiger partial charge in [-0.15, -0.1) is 0 Å². The van der Waals surface area contributed by atoms with Gasteiger partial charge in [-0.1, -0.05) is 22.0 Å². The number of nitrogens with one attached hydrogen (secondary N) is 1. The second-order valence-corrected chi connectivity index (χ2v) is 3.82. The summed E-state index contributed by atoms with van der Waals surface area (Å²) in [5.74, 6) is 0. The molecular weight excluding hydrogens is 284 g/mol. The van der Waals surface area contributed by atoms with Gasteiger partial charge in [-0.05, 0) is 27.6 Å². The molecule has 0 fully saturated rings. The van der Waals surface area contributed by atoms with Crippen molar-refractivity contribution in [3.63, 3.8) is 0 Å². The van der Waals surface area contributed by atoms with Gasteiger partial charge in [0, 0.05) is 9.80 Å². The fourth-order valence-corrected chi connectivity index (χ4v) is 2.55. The van der Waals surface area contributed by atoms with E-state index in [4.69, 9.17) is 0 Å². The molecule has 1 N–H and O–H groups in total. The lowest BCUT2D eigenvalue weighted by Gasteiger charge is -1.99. The van der Waals surface area contributed by atoms with Gasteiger partial charge in [0.25, 0.3) is 0 Å². The summed E-state index contributed by atoms with van der Waals surface area (Å²) in [7, 11) is 0. The number of H-pyrrole nitrogens is 1. The van der Waals surface area contributed by atoms with E-state index in [1.54, 1.807) is 6.33 Å². The number of halogens is 2. The lowest BCUT2D eigenvalue weighted by Crippen LogP contribution is -1.81. The quantitative estimate of drug-likeness (QED) is 0.803. The summed E-state index contributed by atoms with van der Waals surface area (Å²) in [4.78, 5) is 7.26. The van der Waals surface area contributed by atoms with Crippen molar-refractivity contribution in [1.82, 2.24) is 9.97 Å².